The number of nitrogens with zero attached hydrogens (tertiary/aromatic N) is 1. The zero-order valence-electron chi connectivity index (χ0n) is 17.2. The van der Waals surface area contributed by atoms with Gasteiger partial charge in [-0.2, -0.15) is 0 Å². The molecule has 0 spiro atoms. The minimum Gasteiger partial charge on any atom is -0.350 e. The fraction of sp³-hybridized carbons (Fsp3) is 0.208. The number of carbonyl (C=O) groups excluding carboxylic acids is 1. The molecule has 0 fully saturated rings. The van der Waals surface area contributed by atoms with Gasteiger partial charge in [-0.25, -0.2) is 8.42 Å². The molecule has 0 aliphatic carbocycles. The molecule has 30 heavy (non-hydrogen) atoms. The summed E-state index contributed by atoms with van der Waals surface area (Å²) in [6.07, 6.45) is 1.69. The first kappa shape index (κ1) is 21.6. The molecule has 1 N–H and O–H groups in total. The van der Waals surface area contributed by atoms with Crippen LogP contribution in [0.3, 0.4) is 0 Å². The van der Waals surface area contributed by atoms with Crippen LogP contribution < -0.4 is 9.62 Å². The summed E-state index contributed by atoms with van der Waals surface area (Å²) in [7, 11) is -2.21. The quantitative estimate of drug-likeness (QED) is 0.590. The first-order chi connectivity index (χ1) is 14.4. The van der Waals surface area contributed by atoms with Crippen LogP contribution in [-0.4, -0.2) is 27.4 Å². The number of sulfonamides is 1. The summed E-state index contributed by atoms with van der Waals surface area (Å²) in [5, 5.41) is 3.00. The van der Waals surface area contributed by atoms with Crippen molar-refractivity contribution in [1.82, 2.24) is 5.32 Å². The van der Waals surface area contributed by atoms with Crippen molar-refractivity contribution in [3.05, 3.63) is 96.1 Å². The molecule has 0 radical (unpaired) electrons. The van der Waals surface area contributed by atoms with Gasteiger partial charge in [0, 0.05) is 18.7 Å². The molecule has 0 aromatic heterocycles. The smallest absolute Gasteiger partial charge is 0.264 e. The molecule has 1 atom stereocenters. The van der Waals surface area contributed by atoms with Crippen LogP contribution in [0.15, 0.2) is 89.8 Å². The second kappa shape index (κ2) is 9.59. The number of amides is 1. The Bertz CT molecular complexity index is 1080. The van der Waals surface area contributed by atoms with E-state index in [1.165, 1.54) is 16.9 Å². The van der Waals surface area contributed by atoms with E-state index >= 15 is 0 Å². The molecule has 0 bridgehead atoms. The fourth-order valence-electron chi connectivity index (χ4n) is 3.14. The van der Waals surface area contributed by atoms with Crippen molar-refractivity contribution in [2.45, 2.75) is 30.7 Å². The lowest BCUT2D eigenvalue weighted by atomic mass is 10.1. The van der Waals surface area contributed by atoms with Gasteiger partial charge < -0.3 is 5.32 Å². The Labute approximate surface area is 178 Å². The van der Waals surface area contributed by atoms with Gasteiger partial charge in [-0.05, 0) is 55.7 Å². The maximum atomic E-state index is 12.8. The molecule has 3 aromatic rings. The van der Waals surface area contributed by atoms with Crippen molar-refractivity contribution in [2.75, 3.05) is 11.4 Å². The number of nitrogens with one attached hydrogen (secondary N) is 1. The molecule has 0 saturated heterocycles. The molecule has 5 nitrogen and oxygen atoms in total. The highest BCUT2D eigenvalue weighted by atomic mass is 32.2. The van der Waals surface area contributed by atoms with E-state index in [1.54, 1.807) is 54.6 Å². The highest BCUT2D eigenvalue weighted by Gasteiger charge is 2.21. The molecule has 156 valence electrons. The summed E-state index contributed by atoms with van der Waals surface area (Å²) in [5.41, 5.74) is 2.09. The molecule has 0 aliphatic heterocycles. The number of anilines is 1. The number of benzene rings is 3. The van der Waals surface area contributed by atoms with E-state index < -0.39 is 10.0 Å². The lowest BCUT2D eigenvalue weighted by Gasteiger charge is -2.20. The average Bonchev–Trinajstić information content (AvgIpc) is 2.78. The molecule has 0 aliphatic rings. The topological polar surface area (TPSA) is 66.5 Å². The molecule has 1 unspecified atom stereocenters. The lowest BCUT2D eigenvalue weighted by Crippen LogP contribution is -2.33. The Balaban J connectivity index is 1.67. The van der Waals surface area contributed by atoms with Gasteiger partial charge in [0.25, 0.3) is 15.9 Å². The van der Waals surface area contributed by atoms with Crippen LogP contribution in [0.4, 0.5) is 5.69 Å². The van der Waals surface area contributed by atoms with Gasteiger partial charge in [0.05, 0.1) is 10.6 Å². The van der Waals surface area contributed by atoms with Gasteiger partial charge in [0.15, 0.2) is 0 Å². The zero-order valence-corrected chi connectivity index (χ0v) is 18.0. The van der Waals surface area contributed by atoms with Crippen LogP contribution in [0.5, 0.6) is 0 Å². The van der Waals surface area contributed by atoms with Gasteiger partial charge in [-0.3, -0.25) is 9.10 Å². The second-order valence-corrected chi connectivity index (χ2v) is 9.20. The number of aryl methyl sites for hydroxylation is 1. The first-order valence-corrected chi connectivity index (χ1v) is 11.3. The molecule has 0 heterocycles. The van der Waals surface area contributed by atoms with Gasteiger partial charge in [-0.15, -0.1) is 0 Å². The number of carbonyl (C=O) groups is 1. The highest BCUT2D eigenvalue weighted by molar-refractivity contribution is 7.92. The minimum absolute atomic E-state index is 0.00727. The minimum atomic E-state index is -3.70. The second-order valence-electron chi connectivity index (χ2n) is 7.23. The lowest BCUT2D eigenvalue weighted by molar-refractivity contribution is 0.0938. The molecule has 6 heteroatoms. The maximum Gasteiger partial charge on any atom is 0.264 e. The molecule has 0 saturated carbocycles. The Kier molecular flexibility index (Phi) is 6.90. The third-order valence-corrected chi connectivity index (χ3v) is 6.76. The Morgan fingerprint density at radius 1 is 0.933 bits per heavy atom. The summed E-state index contributed by atoms with van der Waals surface area (Å²) >= 11 is 0. The fourth-order valence-corrected chi connectivity index (χ4v) is 4.35. The van der Waals surface area contributed by atoms with Crippen LogP contribution in [0.25, 0.3) is 0 Å². The molecular weight excluding hydrogens is 396 g/mol. The highest BCUT2D eigenvalue weighted by Crippen LogP contribution is 2.23. The van der Waals surface area contributed by atoms with E-state index in [1.807, 2.05) is 25.1 Å². The zero-order chi connectivity index (χ0) is 21.6. The Morgan fingerprint density at radius 3 is 2.23 bits per heavy atom. The van der Waals surface area contributed by atoms with Gasteiger partial charge in [-0.1, -0.05) is 54.6 Å². The third kappa shape index (κ3) is 5.27. The predicted molar refractivity (Wildman–Crippen MR) is 120 cm³/mol. The van der Waals surface area contributed by atoms with Crippen LogP contribution >= 0.6 is 0 Å². The van der Waals surface area contributed by atoms with Gasteiger partial charge in [0.2, 0.25) is 0 Å². The Hall–Kier alpha value is -3.12. The average molecular weight is 423 g/mol. The van der Waals surface area contributed by atoms with Crippen molar-refractivity contribution in [3.63, 3.8) is 0 Å². The van der Waals surface area contributed by atoms with Crippen LogP contribution in [0.1, 0.15) is 29.3 Å². The van der Waals surface area contributed by atoms with E-state index in [9.17, 15) is 13.2 Å². The van der Waals surface area contributed by atoms with Crippen LogP contribution in [0, 0.1) is 0 Å². The summed E-state index contributed by atoms with van der Waals surface area (Å²) in [6, 6.07) is 25.0. The van der Waals surface area contributed by atoms with Crippen molar-refractivity contribution in [2.24, 2.45) is 0 Å². The maximum absolute atomic E-state index is 12.8. The van der Waals surface area contributed by atoms with Crippen molar-refractivity contribution in [3.8, 4) is 0 Å². The predicted octanol–water partition coefficient (Wildman–Crippen LogP) is 4.26. The van der Waals surface area contributed by atoms with Crippen molar-refractivity contribution >= 4 is 21.6 Å². The summed E-state index contributed by atoms with van der Waals surface area (Å²) in [4.78, 5) is 12.9. The molecule has 1 amide bonds. The molecular formula is C24H26N2O3S. The summed E-state index contributed by atoms with van der Waals surface area (Å²) in [5.74, 6) is -0.220. The normalized spacial score (nSPS) is 12.2. The summed E-state index contributed by atoms with van der Waals surface area (Å²) in [6.45, 7) is 1.97. The van der Waals surface area contributed by atoms with E-state index in [0.717, 1.165) is 12.8 Å². The number of hydrogen-bond acceptors (Lipinski definition) is 3. The molecule has 3 aromatic carbocycles. The van der Waals surface area contributed by atoms with E-state index in [-0.39, 0.29) is 16.8 Å². The number of hydrogen-bond donors (Lipinski definition) is 1. The van der Waals surface area contributed by atoms with Gasteiger partial charge in [0.1, 0.15) is 0 Å². The largest absolute Gasteiger partial charge is 0.350 e. The van der Waals surface area contributed by atoms with E-state index in [0.29, 0.717) is 11.3 Å². The first-order valence-electron chi connectivity index (χ1n) is 9.87. The van der Waals surface area contributed by atoms with E-state index in [2.05, 4.69) is 17.4 Å². The Morgan fingerprint density at radius 2 is 1.57 bits per heavy atom. The van der Waals surface area contributed by atoms with Crippen molar-refractivity contribution < 1.29 is 13.2 Å². The molecule has 3 rings (SSSR count). The standard InChI is InChI=1S/C24H26N2O3S/c1-19(16-17-20-10-5-3-6-11-20)25-24(27)21-12-9-13-22(18-21)26(2)30(28,29)23-14-7-4-8-15-23/h3-15,18-19H,16-17H2,1-2H3,(H,25,27). The van der Waals surface area contributed by atoms with Crippen molar-refractivity contribution in [1.29, 1.82) is 0 Å². The van der Waals surface area contributed by atoms with Crippen LogP contribution in [-0.2, 0) is 16.4 Å². The summed E-state index contributed by atoms with van der Waals surface area (Å²) < 4.78 is 26.9. The third-order valence-electron chi connectivity index (χ3n) is 4.96. The monoisotopic (exact) mass is 422 g/mol. The SMILES string of the molecule is CC(CCc1ccccc1)NC(=O)c1cccc(N(C)S(=O)(=O)c2ccccc2)c1. The van der Waals surface area contributed by atoms with Crippen LogP contribution in [0.2, 0.25) is 0 Å². The van der Waals surface area contributed by atoms with E-state index in [4.69, 9.17) is 0 Å². The van der Waals surface area contributed by atoms with Gasteiger partial charge >= 0.3 is 0 Å². The number of rotatable bonds is 8.